The number of carbonyl (C=O) groups is 1. The zero-order valence-electron chi connectivity index (χ0n) is 16.2. The van der Waals surface area contributed by atoms with Gasteiger partial charge in [-0.1, -0.05) is 13.8 Å². The topological polar surface area (TPSA) is 37.3 Å². The lowest BCUT2D eigenvalue weighted by Crippen LogP contribution is -2.56. The highest BCUT2D eigenvalue weighted by atomic mass is 35.5. The van der Waals surface area contributed by atoms with Crippen molar-refractivity contribution >= 4 is 17.4 Å². The van der Waals surface area contributed by atoms with Crippen molar-refractivity contribution < 1.29 is 9.90 Å². The summed E-state index contributed by atoms with van der Waals surface area (Å²) >= 11 is 6.09. The summed E-state index contributed by atoms with van der Waals surface area (Å²) in [6, 6.07) is 0. The van der Waals surface area contributed by atoms with E-state index in [0.717, 1.165) is 43.4 Å². The molecular formula is C22H35ClO2. The van der Waals surface area contributed by atoms with E-state index in [1.807, 2.05) is 6.92 Å². The zero-order valence-corrected chi connectivity index (χ0v) is 16.9. The van der Waals surface area contributed by atoms with Gasteiger partial charge in [-0.25, -0.2) is 0 Å². The van der Waals surface area contributed by atoms with Crippen molar-refractivity contribution in [1.29, 1.82) is 0 Å². The average molecular weight is 367 g/mol. The highest BCUT2D eigenvalue weighted by molar-refractivity contribution is 6.18. The third-order valence-corrected chi connectivity index (χ3v) is 10.1. The van der Waals surface area contributed by atoms with Gasteiger partial charge in [0.25, 0.3) is 0 Å². The monoisotopic (exact) mass is 366 g/mol. The molecule has 0 aromatic carbocycles. The molecule has 8 atom stereocenters. The standard InChI is InChI=1S/C22H35ClO2/c1-14(24)17-6-7-18-16-5-4-15-12-22(25,13-23)11-10-20(15,2)19(16)8-9-21(17,18)3/h15-19,25H,4-13H2,1-3H3/t15-,16+,17-,18+,19+,20+,21-,22-/m1/s1. The third kappa shape index (κ3) is 2.57. The summed E-state index contributed by atoms with van der Waals surface area (Å²) in [7, 11) is 0. The molecule has 0 heterocycles. The van der Waals surface area contributed by atoms with E-state index in [1.54, 1.807) is 0 Å². The van der Waals surface area contributed by atoms with Crippen LogP contribution >= 0.6 is 11.6 Å². The predicted octanol–water partition coefficient (Wildman–Crippen LogP) is 5.20. The maximum atomic E-state index is 12.2. The molecule has 0 saturated heterocycles. The molecule has 0 aromatic rings. The SMILES string of the molecule is CC(=O)[C@H]1CC[C@H]2[C@@H]3CC[C@@H]4C[C@@](O)(CCl)CC[C@]4(C)[C@H]3CC[C@]12C. The molecule has 1 N–H and O–H groups in total. The average Bonchev–Trinajstić information content (AvgIpc) is 2.93. The summed E-state index contributed by atoms with van der Waals surface area (Å²) in [6.45, 7) is 6.76. The number of ketones is 1. The van der Waals surface area contributed by atoms with Crippen LogP contribution in [0.25, 0.3) is 0 Å². The van der Waals surface area contributed by atoms with Gasteiger partial charge in [0.2, 0.25) is 0 Å². The van der Waals surface area contributed by atoms with Gasteiger partial charge in [0, 0.05) is 5.92 Å². The molecule has 0 unspecified atom stereocenters. The molecule has 0 amide bonds. The number of fused-ring (bicyclic) bond motifs is 5. The van der Waals surface area contributed by atoms with Gasteiger partial charge in [0.15, 0.2) is 0 Å². The van der Waals surface area contributed by atoms with E-state index in [0.29, 0.717) is 28.9 Å². The maximum absolute atomic E-state index is 12.2. The molecule has 0 spiro atoms. The first-order valence-electron chi connectivity index (χ1n) is 10.5. The lowest BCUT2D eigenvalue weighted by molar-refractivity contribution is -0.149. The van der Waals surface area contributed by atoms with Crippen molar-refractivity contribution in [1.82, 2.24) is 0 Å². The van der Waals surface area contributed by atoms with Crippen LogP contribution in [0.5, 0.6) is 0 Å². The lowest BCUT2D eigenvalue weighted by atomic mass is 9.44. The van der Waals surface area contributed by atoms with Crippen LogP contribution in [0.3, 0.4) is 0 Å². The Balaban J connectivity index is 1.59. The van der Waals surface area contributed by atoms with Crippen molar-refractivity contribution in [2.24, 2.45) is 40.4 Å². The van der Waals surface area contributed by atoms with E-state index in [9.17, 15) is 9.90 Å². The molecule has 142 valence electrons. The Kier molecular flexibility index (Phi) is 4.36. The van der Waals surface area contributed by atoms with Crippen molar-refractivity contribution in [2.75, 3.05) is 5.88 Å². The largest absolute Gasteiger partial charge is 0.389 e. The summed E-state index contributed by atoms with van der Waals surface area (Å²) in [5.41, 5.74) is -0.00653. The molecule has 0 bridgehead atoms. The summed E-state index contributed by atoms with van der Waals surface area (Å²) in [6.07, 6.45) is 10.3. The maximum Gasteiger partial charge on any atom is 0.133 e. The first-order chi connectivity index (χ1) is 11.7. The zero-order chi connectivity index (χ0) is 18.0. The van der Waals surface area contributed by atoms with E-state index < -0.39 is 5.60 Å². The summed E-state index contributed by atoms with van der Waals surface area (Å²) in [5, 5.41) is 10.7. The van der Waals surface area contributed by atoms with E-state index in [-0.39, 0.29) is 5.41 Å². The number of Topliss-reactive ketones (excluding diaryl/α,β-unsaturated/α-hetero) is 1. The smallest absolute Gasteiger partial charge is 0.133 e. The van der Waals surface area contributed by atoms with Crippen molar-refractivity contribution in [3.05, 3.63) is 0 Å². The van der Waals surface area contributed by atoms with Gasteiger partial charge in [-0.15, -0.1) is 11.6 Å². The minimum atomic E-state index is -0.630. The Bertz CT molecular complexity index is 562. The van der Waals surface area contributed by atoms with Crippen LogP contribution < -0.4 is 0 Å². The molecule has 3 heteroatoms. The van der Waals surface area contributed by atoms with Crippen molar-refractivity contribution in [3.8, 4) is 0 Å². The number of carbonyl (C=O) groups excluding carboxylic acids is 1. The second-order valence-electron chi connectivity index (χ2n) is 10.5. The second-order valence-corrected chi connectivity index (χ2v) is 10.8. The lowest BCUT2D eigenvalue weighted by Gasteiger charge is -2.62. The first kappa shape index (κ1) is 18.3. The molecule has 0 radical (unpaired) electrons. The Morgan fingerprint density at radius 2 is 1.72 bits per heavy atom. The van der Waals surface area contributed by atoms with Crippen LogP contribution in [0.4, 0.5) is 0 Å². The van der Waals surface area contributed by atoms with E-state index in [2.05, 4.69) is 13.8 Å². The molecule has 4 aliphatic rings. The number of hydrogen-bond acceptors (Lipinski definition) is 2. The first-order valence-corrected chi connectivity index (χ1v) is 11.1. The summed E-state index contributed by atoms with van der Waals surface area (Å²) in [5.74, 6) is 4.06. The van der Waals surface area contributed by atoms with Crippen LogP contribution in [0, 0.1) is 40.4 Å². The number of alkyl halides is 1. The van der Waals surface area contributed by atoms with E-state index in [1.165, 1.54) is 32.1 Å². The molecular weight excluding hydrogens is 332 g/mol. The molecule has 4 rings (SSSR count). The second kappa shape index (κ2) is 5.96. The van der Waals surface area contributed by atoms with Crippen molar-refractivity contribution in [3.63, 3.8) is 0 Å². The quantitative estimate of drug-likeness (QED) is 0.681. The van der Waals surface area contributed by atoms with Crippen LogP contribution in [0.1, 0.15) is 78.6 Å². The normalized spacial score (nSPS) is 55.2. The molecule has 4 saturated carbocycles. The molecule has 2 nitrogen and oxygen atoms in total. The van der Waals surface area contributed by atoms with Crippen LogP contribution in [0.2, 0.25) is 0 Å². The van der Waals surface area contributed by atoms with Crippen LogP contribution in [0.15, 0.2) is 0 Å². The minimum absolute atomic E-state index is 0.252. The van der Waals surface area contributed by atoms with Gasteiger partial charge in [0.1, 0.15) is 5.78 Å². The van der Waals surface area contributed by atoms with Crippen molar-refractivity contribution in [2.45, 2.75) is 84.2 Å². The van der Waals surface area contributed by atoms with E-state index in [4.69, 9.17) is 11.6 Å². The molecule has 0 aliphatic heterocycles. The summed E-state index contributed by atoms with van der Waals surface area (Å²) in [4.78, 5) is 12.2. The number of rotatable bonds is 2. The number of hydrogen-bond donors (Lipinski definition) is 1. The molecule has 4 aliphatic carbocycles. The summed E-state index contributed by atoms with van der Waals surface area (Å²) < 4.78 is 0. The number of halogens is 1. The highest BCUT2D eigenvalue weighted by Gasteiger charge is 2.61. The van der Waals surface area contributed by atoms with Gasteiger partial charge >= 0.3 is 0 Å². The highest BCUT2D eigenvalue weighted by Crippen LogP contribution is 2.68. The fourth-order valence-corrected chi connectivity index (χ4v) is 8.35. The minimum Gasteiger partial charge on any atom is -0.389 e. The van der Waals surface area contributed by atoms with Crippen LogP contribution in [-0.2, 0) is 4.79 Å². The van der Waals surface area contributed by atoms with Gasteiger partial charge < -0.3 is 5.11 Å². The fourth-order valence-electron chi connectivity index (χ4n) is 8.11. The van der Waals surface area contributed by atoms with Gasteiger partial charge in [-0.05, 0) is 99.2 Å². The molecule has 4 fully saturated rings. The van der Waals surface area contributed by atoms with E-state index >= 15 is 0 Å². The Morgan fingerprint density at radius 3 is 2.40 bits per heavy atom. The fraction of sp³-hybridized carbons (Fsp3) is 0.955. The van der Waals surface area contributed by atoms with Crippen LogP contribution in [-0.4, -0.2) is 22.4 Å². The Morgan fingerprint density at radius 1 is 1.00 bits per heavy atom. The van der Waals surface area contributed by atoms with Gasteiger partial charge in [-0.2, -0.15) is 0 Å². The molecule has 25 heavy (non-hydrogen) atoms. The van der Waals surface area contributed by atoms with Gasteiger partial charge in [-0.3, -0.25) is 4.79 Å². The Hall–Kier alpha value is -0.0800. The Labute approximate surface area is 158 Å². The third-order valence-electron chi connectivity index (χ3n) is 9.56. The molecule has 0 aromatic heterocycles. The van der Waals surface area contributed by atoms with Gasteiger partial charge in [0.05, 0.1) is 11.5 Å². The predicted molar refractivity (Wildman–Crippen MR) is 102 cm³/mol. The number of aliphatic hydroxyl groups is 1.